The number of nitrogens with one attached hydrogen (secondary N) is 2. The van der Waals surface area contributed by atoms with Crippen LogP contribution in [-0.4, -0.2) is 19.4 Å². The molecule has 0 aliphatic heterocycles. The molecule has 1 unspecified atom stereocenters. The fourth-order valence-corrected chi connectivity index (χ4v) is 3.50. The number of rotatable bonds is 6. The van der Waals surface area contributed by atoms with Crippen molar-refractivity contribution in [2.45, 2.75) is 43.5 Å². The van der Waals surface area contributed by atoms with Crippen molar-refractivity contribution in [3.05, 3.63) is 27.6 Å². The lowest BCUT2D eigenvalue weighted by Crippen LogP contribution is -2.35. The molecule has 1 aliphatic carbocycles. The van der Waals surface area contributed by atoms with Gasteiger partial charge in [-0.3, -0.25) is 4.79 Å². The quantitative estimate of drug-likeness (QED) is 0.842. The van der Waals surface area contributed by atoms with Gasteiger partial charge in [0, 0.05) is 12.2 Å². The van der Waals surface area contributed by atoms with Gasteiger partial charge in [0.05, 0.1) is 4.90 Å². The molecule has 1 heterocycles. The lowest BCUT2D eigenvalue weighted by molar-refractivity contribution is 0.495. The van der Waals surface area contributed by atoms with Crippen molar-refractivity contribution in [2.24, 2.45) is 5.92 Å². The molecule has 0 bridgehead atoms. The monoisotopic (exact) mass is 304 g/mol. The van der Waals surface area contributed by atoms with Crippen molar-refractivity contribution >= 4 is 21.6 Å². The highest BCUT2D eigenvalue weighted by Gasteiger charge is 2.27. The fourth-order valence-electron chi connectivity index (χ4n) is 1.93. The van der Waals surface area contributed by atoms with E-state index < -0.39 is 15.6 Å². The summed E-state index contributed by atoms with van der Waals surface area (Å²) in [5.74, 6) is 0.645. The number of aromatic amines is 1. The van der Waals surface area contributed by atoms with Crippen LogP contribution in [0.25, 0.3) is 0 Å². The van der Waals surface area contributed by atoms with E-state index in [0.29, 0.717) is 5.92 Å². The highest BCUT2D eigenvalue weighted by molar-refractivity contribution is 7.89. The van der Waals surface area contributed by atoms with Crippen LogP contribution >= 0.6 is 11.6 Å². The summed E-state index contributed by atoms with van der Waals surface area (Å²) in [6, 6.07) is 1.11. The maximum Gasteiger partial charge on any atom is 0.266 e. The summed E-state index contributed by atoms with van der Waals surface area (Å²) in [7, 11) is -3.63. The zero-order chi connectivity index (χ0) is 14.0. The normalized spacial score (nSPS) is 17.4. The zero-order valence-electron chi connectivity index (χ0n) is 10.6. The molecule has 0 saturated heterocycles. The van der Waals surface area contributed by atoms with Crippen molar-refractivity contribution in [3.63, 3.8) is 0 Å². The van der Waals surface area contributed by atoms with Crippen molar-refractivity contribution in [1.82, 2.24) is 9.71 Å². The summed E-state index contributed by atoms with van der Waals surface area (Å²) in [6.45, 7) is 1.95. The standard InChI is InChI=1S/C12H17ClN2O3S/c1-2-9(5-8-3-4-8)15-19(17,18)10-6-11(13)12(16)14-7-10/h6-9,15H,2-5H2,1H3,(H,14,16). The van der Waals surface area contributed by atoms with E-state index >= 15 is 0 Å². The third-order valence-electron chi connectivity index (χ3n) is 3.27. The Morgan fingerprint density at radius 3 is 2.74 bits per heavy atom. The Hall–Kier alpha value is -0.850. The smallest absolute Gasteiger partial charge is 0.266 e. The molecule has 1 fully saturated rings. The number of aromatic nitrogens is 1. The van der Waals surface area contributed by atoms with Crippen LogP contribution in [0.4, 0.5) is 0 Å². The van der Waals surface area contributed by atoms with Crippen molar-refractivity contribution in [1.29, 1.82) is 0 Å². The molecule has 5 nitrogen and oxygen atoms in total. The number of hydrogen-bond donors (Lipinski definition) is 2. The average Bonchev–Trinajstić information content (AvgIpc) is 3.15. The minimum Gasteiger partial charge on any atom is -0.326 e. The molecule has 1 aromatic heterocycles. The van der Waals surface area contributed by atoms with Crippen molar-refractivity contribution < 1.29 is 8.42 Å². The lowest BCUT2D eigenvalue weighted by atomic mass is 10.1. The van der Waals surface area contributed by atoms with E-state index in [4.69, 9.17) is 11.6 Å². The molecule has 0 aromatic carbocycles. The van der Waals surface area contributed by atoms with E-state index in [1.54, 1.807) is 0 Å². The Morgan fingerprint density at radius 2 is 2.21 bits per heavy atom. The van der Waals surface area contributed by atoms with Gasteiger partial charge in [-0.1, -0.05) is 31.4 Å². The Morgan fingerprint density at radius 1 is 1.53 bits per heavy atom. The van der Waals surface area contributed by atoms with Gasteiger partial charge in [0.25, 0.3) is 5.56 Å². The van der Waals surface area contributed by atoms with E-state index in [1.165, 1.54) is 25.1 Å². The molecule has 1 atom stereocenters. The number of hydrogen-bond acceptors (Lipinski definition) is 3. The lowest BCUT2D eigenvalue weighted by Gasteiger charge is -2.16. The molecule has 1 aromatic rings. The second-order valence-corrected chi connectivity index (χ2v) is 7.04. The predicted octanol–water partition coefficient (Wildman–Crippen LogP) is 1.89. The van der Waals surface area contributed by atoms with E-state index in [9.17, 15) is 13.2 Å². The summed E-state index contributed by atoms with van der Waals surface area (Å²) < 4.78 is 27.0. The minimum absolute atomic E-state index is 0.00801. The Kier molecular flexibility index (Phi) is 4.32. The zero-order valence-corrected chi connectivity index (χ0v) is 12.2. The first-order valence-corrected chi connectivity index (χ1v) is 8.19. The highest BCUT2D eigenvalue weighted by Crippen LogP contribution is 2.34. The number of sulfonamides is 1. The molecule has 2 N–H and O–H groups in total. The van der Waals surface area contributed by atoms with Crippen LogP contribution in [0.1, 0.15) is 32.6 Å². The number of pyridine rings is 1. The molecule has 0 amide bonds. The number of halogens is 1. The van der Waals surface area contributed by atoms with Crippen LogP contribution in [0.15, 0.2) is 22.0 Å². The third kappa shape index (κ3) is 3.81. The predicted molar refractivity (Wildman–Crippen MR) is 73.8 cm³/mol. The van der Waals surface area contributed by atoms with Gasteiger partial charge < -0.3 is 4.98 Å². The molecule has 19 heavy (non-hydrogen) atoms. The first-order valence-electron chi connectivity index (χ1n) is 6.33. The second-order valence-electron chi connectivity index (χ2n) is 4.92. The van der Waals surface area contributed by atoms with E-state index in [1.807, 2.05) is 6.92 Å². The van der Waals surface area contributed by atoms with Crippen LogP contribution in [-0.2, 0) is 10.0 Å². The van der Waals surface area contributed by atoms with Gasteiger partial charge in [-0.2, -0.15) is 0 Å². The molecular weight excluding hydrogens is 288 g/mol. The molecule has 106 valence electrons. The van der Waals surface area contributed by atoms with Crippen LogP contribution in [0.5, 0.6) is 0 Å². The maximum absolute atomic E-state index is 12.2. The summed E-state index contributed by atoms with van der Waals surface area (Å²) in [6.07, 6.45) is 5.14. The molecule has 0 spiro atoms. The Bertz CT molecular complexity index is 608. The molecule has 1 aliphatic rings. The molecule has 1 saturated carbocycles. The maximum atomic E-state index is 12.2. The third-order valence-corrected chi connectivity index (χ3v) is 5.05. The highest BCUT2D eigenvalue weighted by atomic mass is 35.5. The van der Waals surface area contributed by atoms with E-state index in [-0.39, 0.29) is 16.0 Å². The van der Waals surface area contributed by atoms with Gasteiger partial charge in [-0.15, -0.1) is 0 Å². The van der Waals surface area contributed by atoms with E-state index in [0.717, 1.165) is 12.8 Å². The van der Waals surface area contributed by atoms with Crippen molar-refractivity contribution in [3.8, 4) is 0 Å². The fraction of sp³-hybridized carbons (Fsp3) is 0.583. The average molecular weight is 305 g/mol. The summed E-state index contributed by atoms with van der Waals surface area (Å²) >= 11 is 5.65. The summed E-state index contributed by atoms with van der Waals surface area (Å²) in [5, 5.41) is -0.127. The minimum atomic E-state index is -3.63. The van der Waals surface area contributed by atoms with Crippen LogP contribution in [0, 0.1) is 5.92 Å². The Balaban J connectivity index is 2.15. The molecule has 0 radical (unpaired) electrons. The van der Waals surface area contributed by atoms with Gasteiger partial charge in [0.2, 0.25) is 10.0 Å². The van der Waals surface area contributed by atoms with Crippen LogP contribution in [0.3, 0.4) is 0 Å². The first-order chi connectivity index (χ1) is 8.92. The van der Waals surface area contributed by atoms with Crippen LogP contribution in [0.2, 0.25) is 5.02 Å². The first kappa shape index (κ1) is 14.6. The SMILES string of the molecule is CCC(CC1CC1)NS(=O)(=O)c1c[nH]c(=O)c(Cl)c1. The van der Waals surface area contributed by atoms with Gasteiger partial charge >= 0.3 is 0 Å². The van der Waals surface area contributed by atoms with Crippen LogP contribution < -0.4 is 10.3 Å². The van der Waals surface area contributed by atoms with Gasteiger partial charge in [0.15, 0.2) is 0 Å². The van der Waals surface area contributed by atoms with Crippen molar-refractivity contribution in [2.75, 3.05) is 0 Å². The largest absolute Gasteiger partial charge is 0.326 e. The summed E-state index contributed by atoms with van der Waals surface area (Å²) in [5.41, 5.74) is -0.495. The van der Waals surface area contributed by atoms with Gasteiger partial charge in [-0.05, 0) is 24.8 Å². The number of H-pyrrole nitrogens is 1. The second kappa shape index (κ2) is 5.64. The van der Waals surface area contributed by atoms with E-state index in [2.05, 4.69) is 9.71 Å². The topological polar surface area (TPSA) is 79.0 Å². The summed E-state index contributed by atoms with van der Waals surface area (Å²) in [4.78, 5) is 13.4. The molecular formula is C12H17ClN2O3S. The van der Waals surface area contributed by atoms with Gasteiger partial charge in [-0.25, -0.2) is 13.1 Å². The van der Waals surface area contributed by atoms with Gasteiger partial charge in [0.1, 0.15) is 5.02 Å². The molecule has 2 rings (SSSR count). The molecule has 7 heteroatoms. The Labute approximate surface area is 117 Å².